The first-order chi connectivity index (χ1) is 41.7. The van der Waals surface area contributed by atoms with Crippen LogP contribution in [0.4, 0.5) is 4.79 Å². The number of carbonyl (C=O) groups is 4. The number of nitrogens with one attached hydrogen (secondary N) is 2. The minimum absolute atomic E-state index is 0.0155. The van der Waals surface area contributed by atoms with Gasteiger partial charge in [0, 0.05) is 76.9 Å². The molecule has 4 heterocycles. The highest BCUT2D eigenvalue weighted by molar-refractivity contribution is 7.89. The summed E-state index contributed by atoms with van der Waals surface area (Å²) in [6, 6.07) is 7.77. The van der Waals surface area contributed by atoms with E-state index in [0.29, 0.717) is 18.9 Å². The minimum atomic E-state index is -4.03. The van der Waals surface area contributed by atoms with Crippen molar-refractivity contribution in [2.75, 3.05) is 47.6 Å². The number of cyclic esters (lactones) is 1. The number of alkyl carbamates (subject to hydrolysis) is 1. The van der Waals surface area contributed by atoms with Gasteiger partial charge in [0.15, 0.2) is 30.3 Å². The second kappa shape index (κ2) is 32.3. The van der Waals surface area contributed by atoms with Crippen molar-refractivity contribution in [2.24, 2.45) is 52.5 Å². The molecule has 4 N–H and O–H groups in total. The molecule has 5 aliphatic rings. The standard InChI is InChI=1S/C64H106N4O20S/c1-34(2)26-48(69)84-54-41(9)53(36(4)32-80-61-57(78-17)56(77-16)50(70)44(12)83-61)86-59(73)43(11)55(85-49-27-37(5)68(30-39(7)81-49)31-45-24-25-45)40(8)52(87-60-51(71)47(67-79-18)28-38(6)82-60)35(3)29-64(15,58(72)42(54)10)88-62(74)66-63(13,14)33-65-89(75,76)46-22-20-19-21-23-46/h19-23,34-45,49-57,60-61,65,70-71H,24-33H2,1-18H3,(H,66,74)/b67-47+/t35-,36-,37-,38+,39-,40+,41-,42+,43+,44+,49-,50+,51+,52-,53+,54+,55-,56+,57+,60-,61+,64-/m0/s1. The number of methoxy groups -OCH3 is 2. The third-order valence-corrected chi connectivity index (χ3v) is 19.5. The van der Waals surface area contributed by atoms with Crippen LogP contribution in [-0.4, -0.2) is 204 Å². The number of carbonyl (C=O) groups excluding carboxylic acids is 4. The summed E-state index contributed by atoms with van der Waals surface area (Å²) < 4.78 is 100. The Bertz CT molecular complexity index is 2600. The van der Waals surface area contributed by atoms with Gasteiger partial charge in [-0.15, -0.1) is 0 Å². The molecule has 24 nitrogen and oxygen atoms in total. The summed E-state index contributed by atoms with van der Waals surface area (Å²) in [5.41, 5.74) is -3.18. The second-order valence-corrected chi connectivity index (χ2v) is 29.0. The second-order valence-electron chi connectivity index (χ2n) is 27.3. The van der Waals surface area contributed by atoms with E-state index in [1.165, 1.54) is 40.4 Å². The van der Waals surface area contributed by atoms with Crippen LogP contribution in [0.25, 0.3) is 0 Å². The molecule has 1 amide bonds. The van der Waals surface area contributed by atoms with E-state index in [0.717, 1.165) is 19.4 Å². The number of rotatable bonds is 22. The van der Waals surface area contributed by atoms with Crippen LogP contribution in [0.1, 0.15) is 142 Å². The molecule has 0 aromatic heterocycles. The number of ketones is 1. The Balaban J connectivity index is 1.50. The van der Waals surface area contributed by atoms with Gasteiger partial charge < -0.3 is 72.5 Å². The number of aliphatic hydroxyl groups excluding tert-OH is 2. The van der Waals surface area contributed by atoms with Crippen LogP contribution in [0.3, 0.4) is 0 Å². The molecule has 508 valence electrons. The average Bonchev–Trinajstić information content (AvgIpc) is 2.67. The predicted octanol–water partition coefficient (Wildman–Crippen LogP) is 6.54. The smallest absolute Gasteiger partial charge is 0.408 e. The molecular weight excluding hydrogens is 1180 g/mol. The molecule has 0 bridgehead atoms. The molecule has 1 aromatic carbocycles. The van der Waals surface area contributed by atoms with E-state index < -0.39 is 160 Å². The topological polar surface area (TPSA) is 293 Å². The van der Waals surface area contributed by atoms with Crippen LogP contribution >= 0.6 is 0 Å². The molecule has 6 rings (SSSR count). The summed E-state index contributed by atoms with van der Waals surface area (Å²) in [5.74, 6) is -7.45. The highest BCUT2D eigenvalue weighted by atomic mass is 32.2. The summed E-state index contributed by atoms with van der Waals surface area (Å²) >= 11 is 0. The molecule has 22 atom stereocenters. The van der Waals surface area contributed by atoms with E-state index in [1.807, 2.05) is 27.7 Å². The number of hydrogen-bond acceptors (Lipinski definition) is 22. The number of nitrogens with zero attached hydrogens (tertiary/aromatic N) is 2. The van der Waals surface area contributed by atoms with Crippen molar-refractivity contribution >= 4 is 39.6 Å². The van der Waals surface area contributed by atoms with Gasteiger partial charge >= 0.3 is 18.0 Å². The fourth-order valence-corrected chi connectivity index (χ4v) is 14.3. The number of sulfonamides is 1. The number of aliphatic hydroxyl groups is 2. The zero-order chi connectivity index (χ0) is 66.0. The largest absolute Gasteiger partial charge is 0.461 e. The summed E-state index contributed by atoms with van der Waals surface area (Å²) in [7, 11) is 0.220. The summed E-state index contributed by atoms with van der Waals surface area (Å²) in [6.07, 6.45) is -12.2. The maximum absolute atomic E-state index is 16.1. The fourth-order valence-electron chi connectivity index (χ4n) is 13.0. The molecule has 1 saturated carbocycles. The normalized spacial score (nSPS) is 37.6. The number of oxime groups is 1. The number of amides is 1. The minimum Gasteiger partial charge on any atom is -0.461 e. The lowest BCUT2D eigenvalue weighted by Crippen LogP contribution is -2.59. The van der Waals surface area contributed by atoms with Crippen LogP contribution in [0.5, 0.6) is 0 Å². The van der Waals surface area contributed by atoms with E-state index in [9.17, 15) is 28.2 Å². The Morgan fingerprint density at radius 1 is 0.831 bits per heavy atom. The van der Waals surface area contributed by atoms with Gasteiger partial charge in [0.25, 0.3) is 0 Å². The zero-order valence-corrected chi connectivity index (χ0v) is 56.6. The average molecular weight is 1280 g/mol. The van der Waals surface area contributed by atoms with E-state index in [1.54, 1.807) is 80.5 Å². The Morgan fingerprint density at radius 2 is 1.49 bits per heavy atom. The Labute approximate surface area is 528 Å². The lowest BCUT2D eigenvalue weighted by Gasteiger charge is -2.45. The van der Waals surface area contributed by atoms with Crippen molar-refractivity contribution in [3.8, 4) is 0 Å². The monoisotopic (exact) mass is 1280 g/mol. The molecule has 89 heavy (non-hydrogen) atoms. The molecule has 0 unspecified atom stereocenters. The molecule has 4 saturated heterocycles. The summed E-state index contributed by atoms with van der Waals surface area (Å²) in [6.45, 7) is 27.5. The lowest BCUT2D eigenvalue weighted by atomic mass is 9.74. The maximum atomic E-state index is 16.1. The van der Waals surface area contributed by atoms with Crippen molar-refractivity contribution < 1.29 is 94.8 Å². The quantitative estimate of drug-likeness (QED) is 0.0544. The number of esters is 2. The van der Waals surface area contributed by atoms with Crippen LogP contribution in [0.15, 0.2) is 40.4 Å². The molecule has 25 heteroatoms. The Kier molecular flexibility index (Phi) is 26.8. The summed E-state index contributed by atoms with van der Waals surface area (Å²) in [4.78, 5) is 68.2. The summed E-state index contributed by atoms with van der Waals surface area (Å²) in [5, 5.41) is 29.9. The van der Waals surface area contributed by atoms with Crippen molar-refractivity contribution in [1.82, 2.24) is 14.9 Å². The molecule has 1 aliphatic carbocycles. The van der Waals surface area contributed by atoms with Gasteiger partial charge in [-0.1, -0.05) is 71.8 Å². The van der Waals surface area contributed by atoms with Crippen molar-refractivity contribution in [1.29, 1.82) is 0 Å². The van der Waals surface area contributed by atoms with E-state index in [4.69, 9.17) is 56.9 Å². The molecule has 4 aliphatic heterocycles. The highest BCUT2D eigenvalue weighted by Gasteiger charge is 2.53. The van der Waals surface area contributed by atoms with Crippen molar-refractivity contribution in [3.05, 3.63) is 30.3 Å². The Hall–Kier alpha value is -3.96. The third-order valence-electron chi connectivity index (χ3n) is 18.1. The first-order valence-electron chi connectivity index (χ1n) is 31.9. The van der Waals surface area contributed by atoms with Gasteiger partial charge in [-0.2, -0.15) is 0 Å². The fraction of sp³-hybridized carbons (Fsp3) is 0.828. The van der Waals surface area contributed by atoms with Crippen LogP contribution in [0, 0.1) is 47.3 Å². The first-order valence-corrected chi connectivity index (χ1v) is 33.4. The van der Waals surface area contributed by atoms with Gasteiger partial charge in [-0.05, 0) is 105 Å². The number of Topliss-reactive ketones (excluding diaryl/α,β-unsaturated/α-hetero) is 1. The zero-order valence-electron chi connectivity index (χ0n) is 55.8. The molecule has 0 spiro atoms. The molecular formula is C64H106N4O20S. The van der Waals surface area contributed by atoms with Gasteiger partial charge in [0.2, 0.25) is 10.0 Å². The Morgan fingerprint density at radius 3 is 2.11 bits per heavy atom. The highest BCUT2D eigenvalue weighted by Crippen LogP contribution is 2.41. The first kappa shape index (κ1) is 74.1. The third kappa shape index (κ3) is 19.8. The lowest BCUT2D eigenvalue weighted by molar-refractivity contribution is -0.305. The maximum Gasteiger partial charge on any atom is 0.408 e. The predicted molar refractivity (Wildman–Crippen MR) is 327 cm³/mol. The van der Waals surface area contributed by atoms with E-state index in [-0.39, 0.29) is 61.1 Å². The van der Waals surface area contributed by atoms with E-state index in [2.05, 4.69) is 27.0 Å². The SMILES string of the molecule is CO/N=C1\C[C@@H](C)O[C@@H](O[C@@H]2[C@@H](C)[C@H](O[C@H]3C[C@H](C)N(CC4CC4)C[C@H](C)O3)[C@@H](C)C(=O)O[C@H]([C@@H](C)CO[C@@H]3O[C@H](C)[C@@H](O)[C@@H](OC)[C@H]3OC)[C@H](C)[C@@H](OC(=O)CC(C)C)[C@@H](C)C(=O)[C@@](C)(OC(=O)NC(C)(C)CNS(=O)(=O)c3ccccc3)C[C@@H]2C)[C@@H]1O. The van der Waals surface area contributed by atoms with Gasteiger partial charge in [-0.3, -0.25) is 19.3 Å². The molecule has 0 radical (unpaired) electrons. The number of hydrogen-bond donors (Lipinski definition) is 4. The van der Waals surface area contributed by atoms with E-state index >= 15 is 9.59 Å². The van der Waals surface area contributed by atoms with Gasteiger partial charge in [-0.25, -0.2) is 17.9 Å². The van der Waals surface area contributed by atoms with Crippen LogP contribution in [-0.2, 0) is 81.3 Å². The van der Waals surface area contributed by atoms with Crippen LogP contribution < -0.4 is 10.0 Å². The van der Waals surface area contributed by atoms with Gasteiger partial charge in [0.1, 0.15) is 43.7 Å². The van der Waals surface area contributed by atoms with Crippen molar-refractivity contribution in [3.63, 3.8) is 0 Å². The van der Waals surface area contributed by atoms with Crippen molar-refractivity contribution in [2.45, 2.75) is 250 Å². The number of benzene rings is 1. The van der Waals surface area contributed by atoms with Gasteiger partial charge in [0.05, 0.1) is 65.1 Å². The molecule has 1 aromatic rings. The number of ether oxygens (including phenoxy) is 11. The molecule has 5 fully saturated rings. The van der Waals surface area contributed by atoms with Crippen LogP contribution in [0.2, 0.25) is 0 Å².